The number of nitrogens with zero attached hydrogens (tertiary/aromatic N) is 1. The molecule has 0 aromatic rings. The van der Waals surface area contributed by atoms with Crippen LogP contribution in [0, 0.1) is 12.3 Å². The quantitative estimate of drug-likeness (QED) is 0.583. The largest absolute Gasteiger partial charge is 0.480 e. The maximum absolute atomic E-state index is 11.2. The molecule has 0 aliphatic carbocycles. The molecule has 1 N–H and O–H groups in total. The van der Waals surface area contributed by atoms with Crippen LogP contribution in [0.3, 0.4) is 0 Å². The summed E-state index contributed by atoms with van der Waals surface area (Å²) in [6.07, 6.45) is 6.10. The maximum atomic E-state index is 11.2. The SMILES string of the molecule is C#CC(=O)N1CCCC1(C)C(=O)O. The topological polar surface area (TPSA) is 57.6 Å². The Balaban J connectivity index is 2.93. The van der Waals surface area contributed by atoms with Crippen molar-refractivity contribution in [1.29, 1.82) is 0 Å². The molecule has 4 nitrogen and oxygen atoms in total. The van der Waals surface area contributed by atoms with E-state index in [1.165, 1.54) is 11.8 Å². The highest BCUT2D eigenvalue weighted by atomic mass is 16.4. The third-order valence-electron chi connectivity index (χ3n) is 2.47. The van der Waals surface area contributed by atoms with Crippen molar-refractivity contribution in [1.82, 2.24) is 4.90 Å². The molecule has 1 amide bonds. The molecule has 1 heterocycles. The fourth-order valence-electron chi connectivity index (χ4n) is 1.59. The van der Waals surface area contributed by atoms with Crippen LogP contribution in [0.2, 0.25) is 0 Å². The van der Waals surface area contributed by atoms with Crippen LogP contribution in [0.25, 0.3) is 0 Å². The predicted molar refractivity (Wildman–Crippen MR) is 45.8 cm³/mol. The third-order valence-corrected chi connectivity index (χ3v) is 2.47. The van der Waals surface area contributed by atoms with Crippen molar-refractivity contribution >= 4 is 11.9 Å². The van der Waals surface area contributed by atoms with E-state index in [0.717, 1.165) is 0 Å². The number of carbonyl (C=O) groups excluding carboxylic acids is 1. The van der Waals surface area contributed by atoms with Gasteiger partial charge in [-0.15, -0.1) is 6.42 Å². The Morgan fingerprint density at radius 2 is 2.23 bits per heavy atom. The lowest BCUT2D eigenvalue weighted by molar-refractivity contribution is -0.153. The highest BCUT2D eigenvalue weighted by molar-refractivity contribution is 5.97. The first-order chi connectivity index (χ1) is 6.02. The number of aliphatic carboxylic acids is 1. The molecule has 1 atom stereocenters. The van der Waals surface area contributed by atoms with Crippen LogP contribution < -0.4 is 0 Å². The van der Waals surface area contributed by atoms with Crippen LogP contribution in [0.4, 0.5) is 0 Å². The van der Waals surface area contributed by atoms with E-state index in [1.807, 2.05) is 5.92 Å². The second-order valence-electron chi connectivity index (χ2n) is 3.28. The number of carboxylic acid groups (broad SMARTS) is 1. The van der Waals surface area contributed by atoms with Crippen molar-refractivity contribution in [2.24, 2.45) is 0 Å². The zero-order chi connectivity index (χ0) is 10.1. The van der Waals surface area contributed by atoms with Crippen molar-refractivity contribution in [3.63, 3.8) is 0 Å². The first-order valence-corrected chi connectivity index (χ1v) is 4.04. The van der Waals surface area contributed by atoms with Crippen LogP contribution in [-0.4, -0.2) is 34.0 Å². The van der Waals surface area contributed by atoms with Gasteiger partial charge in [-0.05, 0) is 25.7 Å². The Bertz CT molecular complexity index is 292. The zero-order valence-electron chi connectivity index (χ0n) is 7.41. The molecule has 1 unspecified atom stereocenters. The summed E-state index contributed by atoms with van der Waals surface area (Å²) in [7, 11) is 0. The van der Waals surface area contributed by atoms with Gasteiger partial charge in [0.1, 0.15) is 5.54 Å². The molecule has 4 heteroatoms. The van der Waals surface area contributed by atoms with E-state index in [0.29, 0.717) is 19.4 Å². The highest BCUT2D eigenvalue weighted by Gasteiger charge is 2.45. The Hall–Kier alpha value is -1.50. The molecule has 1 aliphatic rings. The molecule has 1 rings (SSSR count). The molecule has 0 aromatic carbocycles. The van der Waals surface area contributed by atoms with Crippen molar-refractivity contribution in [2.45, 2.75) is 25.3 Å². The summed E-state index contributed by atoms with van der Waals surface area (Å²) in [4.78, 5) is 23.3. The van der Waals surface area contributed by atoms with Crippen LogP contribution >= 0.6 is 0 Å². The lowest BCUT2D eigenvalue weighted by Crippen LogP contribution is -2.50. The number of likely N-dealkylation sites (tertiary alicyclic amines) is 1. The van der Waals surface area contributed by atoms with Gasteiger partial charge in [0.25, 0.3) is 5.91 Å². The standard InChI is InChI=1S/C9H11NO3/c1-3-7(11)10-6-4-5-9(10,2)8(12)13/h1H,4-6H2,2H3,(H,12,13). The minimum Gasteiger partial charge on any atom is -0.480 e. The molecular formula is C9H11NO3. The van der Waals surface area contributed by atoms with Crippen molar-refractivity contribution in [3.05, 3.63) is 0 Å². The van der Waals surface area contributed by atoms with Crippen molar-refractivity contribution in [3.8, 4) is 12.3 Å². The second kappa shape index (κ2) is 3.09. The van der Waals surface area contributed by atoms with Gasteiger partial charge in [0.05, 0.1) is 0 Å². The second-order valence-corrected chi connectivity index (χ2v) is 3.28. The minimum absolute atomic E-state index is 0.436. The molecule has 0 saturated carbocycles. The van der Waals surface area contributed by atoms with E-state index in [-0.39, 0.29) is 0 Å². The van der Waals surface area contributed by atoms with E-state index in [1.54, 1.807) is 0 Å². The maximum Gasteiger partial charge on any atom is 0.329 e. The number of terminal acetylenes is 1. The lowest BCUT2D eigenvalue weighted by Gasteiger charge is -2.29. The summed E-state index contributed by atoms with van der Waals surface area (Å²) in [6.45, 7) is 1.96. The van der Waals surface area contributed by atoms with Crippen LogP contribution in [-0.2, 0) is 9.59 Å². The Kier molecular flexibility index (Phi) is 2.28. The molecule has 70 valence electrons. The van der Waals surface area contributed by atoms with E-state index < -0.39 is 17.4 Å². The molecule has 13 heavy (non-hydrogen) atoms. The molecule has 0 spiro atoms. The van der Waals surface area contributed by atoms with Gasteiger partial charge in [-0.1, -0.05) is 0 Å². The third kappa shape index (κ3) is 1.37. The summed E-state index contributed by atoms with van der Waals surface area (Å²) < 4.78 is 0. The Morgan fingerprint density at radius 3 is 2.69 bits per heavy atom. The van der Waals surface area contributed by atoms with Gasteiger partial charge in [0, 0.05) is 6.54 Å². The van der Waals surface area contributed by atoms with E-state index in [9.17, 15) is 9.59 Å². The van der Waals surface area contributed by atoms with Crippen molar-refractivity contribution < 1.29 is 14.7 Å². The first-order valence-electron chi connectivity index (χ1n) is 4.04. The number of hydrogen-bond donors (Lipinski definition) is 1. The highest BCUT2D eigenvalue weighted by Crippen LogP contribution is 2.28. The van der Waals surface area contributed by atoms with Crippen LogP contribution in [0.15, 0.2) is 0 Å². The molecule has 0 bridgehead atoms. The van der Waals surface area contributed by atoms with E-state index in [4.69, 9.17) is 11.5 Å². The summed E-state index contributed by atoms with van der Waals surface area (Å²) >= 11 is 0. The van der Waals surface area contributed by atoms with Gasteiger partial charge in [-0.3, -0.25) is 4.79 Å². The van der Waals surface area contributed by atoms with Gasteiger partial charge in [0.2, 0.25) is 0 Å². The number of rotatable bonds is 1. The first kappa shape index (κ1) is 9.59. The summed E-state index contributed by atoms with van der Waals surface area (Å²) in [6, 6.07) is 0. The molecular weight excluding hydrogens is 170 g/mol. The zero-order valence-corrected chi connectivity index (χ0v) is 7.41. The molecule has 0 radical (unpaired) electrons. The smallest absolute Gasteiger partial charge is 0.329 e. The van der Waals surface area contributed by atoms with Gasteiger partial charge < -0.3 is 10.0 Å². The fraction of sp³-hybridized carbons (Fsp3) is 0.556. The normalized spacial score (nSPS) is 26.9. The summed E-state index contributed by atoms with van der Waals surface area (Å²) in [5.74, 6) is 0.409. The number of carboxylic acids is 1. The van der Waals surface area contributed by atoms with Crippen LogP contribution in [0.1, 0.15) is 19.8 Å². The number of amides is 1. The minimum atomic E-state index is -1.11. The summed E-state index contributed by atoms with van der Waals surface area (Å²) in [5.41, 5.74) is -1.11. The molecule has 1 aliphatic heterocycles. The monoisotopic (exact) mass is 181 g/mol. The average Bonchev–Trinajstić information content (AvgIpc) is 2.47. The van der Waals surface area contributed by atoms with Gasteiger partial charge in [0.15, 0.2) is 0 Å². The Morgan fingerprint density at radius 1 is 1.62 bits per heavy atom. The van der Waals surface area contributed by atoms with Gasteiger partial charge in [-0.25, -0.2) is 4.79 Å². The lowest BCUT2D eigenvalue weighted by atomic mass is 9.99. The van der Waals surface area contributed by atoms with Crippen LogP contribution in [0.5, 0.6) is 0 Å². The average molecular weight is 181 g/mol. The van der Waals surface area contributed by atoms with Gasteiger partial charge >= 0.3 is 5.97 Å². The van der Waals surface area contributed by atoms with Gasteiger partial charge in [-0.2, -0.15) is 0 Å². The molecule has 0 aromatic heterocycles. The number of hydrogen-bond acceptors (Lipinski definition) is 2. The van der Waals surface area contributed by atoms with E-state index in [2.05, 4.69) is 0 Å². The molecule has 1 saturated heterocycles. The van der Waals surface area contributed by atoms with E-state index >= 15 is 0 Å². The molecule has 1 fully saturated rings. The van der Waals surface area contributed by atoms with Crippen molar-refractivity contribution in [2.75, 3.05) is 6.54 Å². The predicted octanol–water partition coefficient (Wildman–Crippen LogP) is 0.0853. The fourth-order valence-corrected chi connectivity index (χ4v) is 1.59. The Labute approximate surface area is 76.5 Å². The number of carbonyl (C=O) groups is 2. The summed E-state index contributed by atoms with van der Waals surface area (Å²) in [5, 5.41) is 8.92.